The fraction of sp³-hybridized carbons (Fsp3) is 0.500. The Balaban J connectivity index is 3.13. The van der Waals surface area contributed by atoms with Gasteiger partial charge in [0.15, 0.2) is 0 Å². The molecule has 0 unspecified atom stereocenters. The van der Waals surface area contributed by atoms with Gasteiger partial charge in [-0.2, -0.15) is 0 Å². The van der Waals surface area contributed by atoms with Crippen molar-refractivity contribution in [2.24, 2.45) is 0 Å². The zero-order chi connectivity index (χ0) is 16.2. The maximum atomic E-state index is 13.3. The van der Waals surface area contributed by atoms with Crippen LogP contribution in [0.15, 0.2) is 18.2 Å². The van der Waals surface area contributed by atoms with Crippen LogP contribution in [0.3, 0.4) is 0 Å². The first kappa shape index (κ1) is 17.7. The third-order valence-corrected chi connectivity index (χ3v) is 4.08. The maximum absolute atomic E-state index is 13.3. The van der Waals surface area contributed by atoms with E-state index in [9.17, 15) is 17.8 Å². The summed E-state index contributed by atoms with van der Waals surface area (Å²) < 4.78 is 45.6. The van der Waals surface area contributed by atoms with Crippen molar-refractivity contribution >= 4 is 17.0 Å². The van der Waals surface area contributed by atoms with E-state index in [1.165, 1.54) is 0 Å². The summed E-state index contributed by atoms with van der Waals surface area (Å²) in [6.45, 7) is 6.86. The summed E-state index contributed by atoms with van der Waals surface area (Å²) in [7, 11) is -1.60. The number of benzene rings is 1. The minimum Gasteiger partial charge on any atom is -0.465 e. The van der Waals surface area contributed by atoms with Crippen molar-refractivity contribution < 1.29 is 22.5 Å². The summed E-state index contributed by atoms with van der Waals surface area (Å²) in [6.07, 6.45) is 0. The van der Waals surface area contributed by atoms with E-state index in [-0.39, 0.29) is 12.2 Å². The molecule has 21 heavy (non-hydrogen) atoms. The Bertz CT molecular complexity index is 523. The molecule has 118 valence electrons. The molecule has 0 amide bonds. The fourth-order valence-electron chi connectivity index (χ4n) is 1.50. The minimum absolute atomic E-state index is 0.0311. The molecule has 0 fully saturated rings. The molecule has 0 radical (unpaired) electrons. The number of rotatable bonds is 5. The summed E-state index contributed by atoms with van der Waals surface area (Å²) >= 11 is 0. The summed E-state index contributed by atoms with van der Waals surface area (Å²) in [5, 5.41) is 0. The van der Waals surface area contributed by atoms with Crippen molar-refractivity contribution in [2.75, 3.05) is 6.61 Å². The first-order valence-electron chi connectivity index (χ1n) is 6.45. The van der Waals surface area contributed by atoms with Crippen LogP contribution in [-0.4, -0.2) is 21.5 Å². The second kappa shape index (κ2) is 7.09. The highest BCUT2D eigenvalue weighted by Gasteiger charge is 2.29. The van der Waals surface area contributed by atoms with E-state index in [1.807, 2.05) is 0 Å². The number of carbonyl (C=O) groups is 1. The van der Waals surface area contributed by atoms with Gasteiger partial charge >= 0.3 is 5.97 Å². The van der Waals surface area contributed by atoms with E-state index in [0.29, 0.717) is 6.07 Å². The van der Waals surface area contributed by atoms with E-state index in [2.05, 4.69) is 4.72 Å². The average molecular weight is 319 g/mol. The van der Waals surface area contributed by atoms with Gasteiger partial charge in [0.05, 0.1) is 22.3 Å². The number of halogens is 2. The number of esters is 1. The monoisotopic (exact) mass is 319 g/mol. The predicted octanol–water partition coefficient (Wildman–Crippen LogP) is 2.62. The van der Waals surface area contributed by atoms with Crippen molar-refractivity contribution in [1.29, 1.82) is 0 Å². The van der Waals surface area contributed by atoms with Gasteiger partial charge in [0.1, 0.15) is 17.7 Å². The molecule has 0 aliphatic carbocycles. The second-order valence-electron chi connectivity index (χ2n) is 5.39. The van der Waals surface area contributed by atoms with Crippen LogP contribution in [0.4, 0.5) is 8.78 Å². The summed E-state index contributed by atoms with van der Waals surface area (Å²) in [5.74, 6) is -2.37. The molecule has 1 rings (SSSR count). The standard InChI is InChI=1S/C14H19F2NO3S/c1-5-20-13(18)12(17-21(19)14(2,3)4)9-6-10(15)8-11(16)7-9/h6-8,12,17H,5H2,1-4H3/t12-,21-/m1/s1. The van der Waals surface area contributed by atoms with Crippen LogP contribution in [0.1, 0.15) is 39.3 Å². The molecule has 0 heterocycles. The lowest BCUT2D eigenvalue weighted by atomic mass is 10.1. The molecule has 4 nitrogen and oxygen atoms in total. The van der Waals surface area contributed by atoms with Crippen molar-refractivity contribution in [3.8, 4) is 0 Å². The molecule has 2 atom stereocenters. The first-order chi connectivity index (χ1) is 9.65. The van der Waals surface area contributed by atoms with Crippen LogP contribution in [-0.2, 0) is 20.5 Å². The van der Waals surface area contributed by atoms with Crippen LogP contribution in [0.5, 0.6) is 0 Å². The number of hydrogen-bond acceptors (Lipinski definition) is 3. The molecule has 0 aliphatic heterocycles. The van der Waals surface area contributed by atoms with Crippen LogP contribution in [0.2, 0.25) is 0 Å². The Morgan fingerprint density at radius 2 is 1.81 bits per heavy atom. The second-order valence-corrected chi connectivity index (χ2v) is 7.38. The van der Waals surface area contributed by atoms with Crippen LogP contribution < -0.4 is 4.72 Å². The lowest BCUT2D eigenvalue weighted by Crippen LogP contribution is -2.39. The molecular formula is C14H19F2NO3S. The molecule has 7 heteroatoms. The van der Waals surface area contributed by atoms with Gasteiger partial charge in [-0.25, -0.2) is 22.5 Å². The number of carbonyl (C=O) groups excluding carboxylic acids is 1. The van der Waals surface area contributed by atoms with Crippen LogP contribution in [0, 0.1) is 11.6 Å². The van der Waals surface area contributed by atoms with Crippen LogP contribution in [0.25, 0.3) is 0 Å². The smallest absolute Gasteiger partial charge is 0.328 e. The third-order valence-electron chi connectivity index (χ3n) is 2.52. The van der Waals surface area contributed by atoms with E-state index < -0.39 is 39.4 Å². The van der Waals surface area contributed by atoms with E-state index in [0.717, 1.165) is 12.1 Å². The predicted molar refractivity (Wildman–Crippen MR) is 76.8 cm³/mol. The lowest BCUT2D eigenvalue weighted by molar-refractivity contribution is -0.145. The largest absolute Gasteiger partial charge is 0.465 e. The average Bonchev–Trinajstić information content (AvgIpc) is 2.33. The normalized spacial score (nSPS) is 14.6. The van der Waals surface area contributed by atoms with Gasteiger partial charge in [-0.05, 0) is 45.4 Å². The lowest BCUT2D eigenvalue weighted by Gasteiger charge is -2.23. The highest BCUT2D eigenvalue weighted by molar-refractivity contribution is 7.84. The fourth-order valence-corrected chi connectivity index (χ4v) is 2.30. The molecule has 0 spiro atoms. The Hall–Kier alpha value is -1.34. The van der Waals surface area contributed by atoms with Gasteiger partial charge in [-0.3, -0.25) is 0 Å². The summed E-state index contributed by atoms with van der Waals surface area (Å²) in [6, 6.07) is 1.52. The van der Waals surface area contributed by atoms with E-state index >= 15 is 0 Å². The van der Waals surface area contributed by atoms with Crippen molar-refractivity contribution in [2.45, 2.75) is 38.5 Å². The number of ether oxygens (including phenoxy) is 1. The van der Waals surface area contributed by atoms with Gasteiger partial charge in [0.2, 0.25) is 0 Å². The van der Waals surface area contributed by atoms with Gasteiger partial charge < -0.3 is 4.74 Å². The molecule has 1 aromatic carbocycles. The quantitative estimate of drug-likeness (QED) is 0.849. The topological polar surface area (TPSA) is 55.4 Å². The van der Waals surface area contributed by atoms with Crippen molar-refractivity contribution in [3.05, 3.63) is 35.4 Å². The Morgan fingerprint density at radius 1 is 1.29 bits per heavy atom. The van der Waals surface area contributed by atoms with E-state index in [4.69, 9.17) is 4.74 Å². The molecule has 1 aromatic rings. The summed E-state index contributed by atoms with van der Waals surface area (Å²) in [4.78, 5) is 12.0. The molecular weight excluding hydrogens is 300 g/mol. The van der Waals surface area contributed by atoms with Crippen molar-refractivity contribution in [3.63, 3.8) is 0 Å². The molecule has 0 aliphatic rings. The molecule has 1 N–H and O–H groups in total. The van der Waals surface area contributed by atoms with Gasteiger partial charge in [-0.15, -0.1) is 0 Å². The van der Waals surface area contributed by atoms with E-state index in [1.54, 1.807) is 27.7 Å². The van der Waals surface area contributed by atoms with Gasteiger partial charge in [0.25, 0.3) is 0 Å². The highest BCUT2D eigenvalue weighted by atomic mass is 32.2. The zero-order valence-electron chi connectivity index (χ0n) is 12.4. The Morgan fingerprint density at radius 3 is 2.24 bits per heavy atom. The third kappa shape index (κ3) is 5.17. The highest BCUT2D eigenvalue weighted by Crippen LogP contribution is 2.21. The van der Waals surface area contributed by atoms with Gasteiger partial charge in [-0.1, -0.05) is 0 Å². The number of nitrogens with one attached hydrogen (secondary N) is 1. The molecule has 0 aromatic heterocycles. The Labute approximate surface area is 125 Å². The first-order valence-corrected chi connectivity index (χ1v) is 7.60. The zero-order valence-corrected chi connectivity index (χ0v) is 13.2. The maximum Gasteiger partial charge on any atom is 0.328 e. The van der Waals surface area contributed by atoms with Crippen LogP contribution >= 0.6 is 0 Å². The SMILES string of the molecule is CCOC(=O)[C@H](N[S@](=O)C(C)(C)C)c1cc(F)cc(F)c1. The molecule has 0 saturated heterocycles. The number of hydrogen-bond donors (Lipinski definition) is 1. The molecule has 0 saturated carbocycles. The molecule has 0 bridgehead atoms. The van der Waals surface area contributed by atoms with Crippen molar-refractivity contribution in [1.82, 2.24) is 4.72 Å². The Kier molecular flexibility index (Phi) is 5.98. The van der Waals surface area contributed by atoms with Gasteiger partial charge in [0, 0.05) is 6.07 Å². The summed E-state index contributed by atoms with van der Waals surface area (Å²) in [5.41, 5.74) is 0.0311. The minimum atomic E-state index is -1.60.